The van der Waals surface area contributed by atoms with Crippen molar-refractivity contribution in [3.8, 4) is 0 Å². The van der Waals surface area contributed by atoms with Crippen molar-refractivity contribution in [2.75, 3.05) is 11.5 Å². The van der Waals surface area contributed by atoms with E-state index in [2.05, 4.69) is 0 Å². The maximum atomic E-state index is 13.7. The molecule has 3 atom stereocenters. The Morgan fingerprint density at radius 2 is 1.56 bits per heavy atom. The highest BCUT2D eigenvalue weighted by Crippen LogP contribution is 2.41. The highest BCUT2D eigenvalue weighted by Gasteiger charge is 2.40. The van der Waals surface area contributed by atoms with Gasteiger partial charge in [0.25, 0.3) is 5.91 Å². The van der Waals surface area contributed by atoms with Gasteiger partial charge >= 0.3 is 18.5 Å². The molecule has 216 valence electrons. The molecule has 2 rings (SSSR count). The van der Waals surface area contributed by atoms with Gasteiger partial charge in [-0.2, -0.15) is 39.5 Å². The normalized spacial score (nSPS) is 15.3. The van der Waals surface area contributed by atoms with Crippen molar-refractivity contribution in [2.45, 2.75) is 37.4 Å². The number of rotatable bonds is 8. The van der Waals surface area contributed by atoms with E-state index in [1.807, 2.05) is 5.32 Å². The summed E-state index contributed by atoms with van der Waals surface area (Å²) in [6, 6.07) is 2.73. The first kappa shape index (κ1) is 33.4. The van der Waals surface area contributed by atoms with Gasteiger partial charge < -0.3 is 9.87 Å². The molecule has 2 aromatic carbocycles. The third-order valence-electron chi connectivity index (χ3n) is 4.93. The predicted molar refractivity (Wildman–Crippen MR) is 132 cm³/mol. The van der Waals surface area contributed by atoms with Crippen molar-refractivity contribution in [1.29, 1.82) is 0 Å². The Bertz CT molecular complexity index is 1190. The molecule has 0 bridgehead atoms. The molecule has 0 fully saturated rings. The zero-order valence-electron chi connectivity index (χ0n) is 19.4. The molecule has 0 aromatic heterocycles. The van der Waals surface area contributed by atoms with Crippen LogP contribution < -0.4 is 5.32 Å². The zero-order chi connectivity index (χ0) is 29.9. The Hall–Kier alpha value is -1.80. The highest BCUT2D eigenvalue weighted by molar-refractivity contribution is 7.91. The van der Waals surface area contributed by atoms with Crippen LogP contribution in [-0.2, 0) is 17.4 Å². The van der Waals surface area contributed by atoms with Gasteiger partial charge in [-0.15, -0.1) is 0 Å². The maximum absolute atomic E-state index is 13.7. The Balaban J connectivity index is 2.35. The molecule has 1 N–H and O–H groups in total. The molecule has 0 heterocycles. The molecular formula is C23H17Cl3F9NO2S. The first-order valence-electron chi connectivity index (χ1n) is 10.5. The van der Waals surface area contributed by atoms with Crippen LogP contribution in [-0.4, -0.2) is 40.4 Å². The second-order valence-electron chi connectivity index (χ2n) is 8.22. The second kappa shape index (κ2) is 12.8. The molecule has 1 amide bonds. The maximum Gasteiger partial charge on any atom is 0.433 e. The number of hydrogen-bond acceptors (Lipinski definition) is 2. The van der Waals surface area contributed by atoms with Crippen LogP contribution in [0, 0.1) is 0 Å². The Labute approximate surface area is 234 Å². The molecule has 0 saturated heterocycles. The summed E-state index contributed by atoms with van der Waals surface area (Å²) in [5.74, 6) is -5.99. The van der Waals surface area contributed by atoms with Gasteiger partial charge in [-0.3, -0.25) is 4.79 Å². The number of nitrogens with one attached hydrogen (secondary N) is 1. The summed E-state index contributed by atoms with van der Waals surface area (Å²) in [6.45, 7) is 1.16. The number of carbonyl (C=O) groups excluding carboxylic acids is 1. The Morgan fingerprint density at radius 1 is 1.00 bits per heavy atom. The van der Waals surface area contributed by atoms with Crippen LogP contribution in [0.4, 0.5) is 39.5 Å². The van der Waals surface area contributed by atoms with E-state index >= 15 is 0 Å². The van der Waals surface area contributed by atoms with E-state index in [0.29, 0.717) is 18.2 Å². The summed E-state index contributed by atoms with van der Waals surface area (Å²) >= 11 is 14.9. The average molecular weight is 649 g/mol. The van der Waals surface area contributed by atoms with Gasteiger partial charge in [0.1, 0.15) is 5.75 Å². The van der Waals surface area contributed by atoms with Crippen molar-refractivity contribution >= 4 is 58.0 Å². The van der Waals surface area contributed by atoms with E-state index in [1.165, 1.54) is 0 Å². The lowest BCUT2D eigenvalue weighted by molar-refractivity contribution is -0.139. The fourth-order valence-corrected chi connectivity index (χ4v) is 5.07. The summed E-state index contributed by atoms with van der Waals surface area (Å²) in [4.78, 5) is 12.4. The number of halogens is 12. The molecule has 0 spiro atoms. The third-order valence-corrected chi connectivity index (χ3v) is 7.65. The van der Waals surface area contributed by atoms with E-state index in [9.17, 15) is 48.9 Å². The van der Waals surface area contributed by atoms with Gasteiger partial charge in [0, 0.05) is 0 Å². The van der Waals surface area contributed by atoms with Crippen LogP contribution in [0.2, 0.25) is 15.1 Å². The van der Waals surface area contributed by atoms with E-state index in [0.717, 1.165) is 31.2 Å². The predicted octanol–water partition coefficient (Wildman–Crippen LogP) is 8.45. The van der Waals surface area contributed by atoms with Crippen molar-refractivity contribution in [1.82, 2.24) is 5.32 Å². The fourth-order valence-electron chi connectivity index (χ4n) is 3.33. The van der Waals surface area contributed by atoms with Crippen LogP contribution in [0.1, 0.15) is 39.9 Å². The minimum absolute atomic E-state index is 0.184. The minimum atomic E-state index is -5.13. The summed E-state index contributed by atoms with van der Waals surface area (Å²) < 4.78 is 131. The summed E-state index contributed by atoms with van der Waals surface area (Å²) in [5.41, 5.74) is -3.22. The quantitative estimate of drug-likeness (QED) is 0.177. The van der Waals surface area contributed by atoms with Crippen LogP contribution >= 0.6 is 34.8 Å². The average Bonchev–Trinajstić information content (AvgIpc) is 2.74. The lowest BCUT2D eigenvalue weighted by Gasteiger charge is -2.20. The van der Waals surface area contributed by atoms with Crippen LogP contribution in [0.3, 0.4) is 0 Å². The van der Waals surface area contributed by atoms with Crippen molar-refractivity contribution in [3.63, 3.8) is 0 Å². The Kier molecular flexibility index (Phi) is 11.0. The molecule has 39 heavy (non-hydrogen) atoms. The first-order chi connectivity index (χ1) is 17.7. The SMILES string of the molecule is C[C@H](C[S+]([O-])CC(F)(F)F)NC(=O)c1ccc(/C=C/C(c2cc(Cl)c(Cl)c(Cl)c2)C(F)(F)F)cc1C(F)(F)F. The highest BCUT2D eigenvalue weighted by atomic mass is 35.5. The van der Waals surface area contributed by atoms with Crippen molar-refractivity contribution in [3.05, 3.63) is 73.7 Å². The third kappa shape index (κ3) is 9.96. The van der Waals surface area contributed by atoms with Crippen molar-refractivity contribution in [2.24, 2.45) is 0 Å². The molecule has 2 unspecified atom stereocenters. The number of hydrogen-bond donors (Lipinski definition) is 1. The molecule has 16 heteroatoms. The number of allylic oxidation sites excluding steroid dienone is 1. The summed E-state index contributed by atoms with van der Waals surface area (Å²) in [5, 5.41) is 1.33. The van der Waals surface area contributed by atoms with E-state index < -0.39 is 75.8 Å². The zero-order valence-corrected chi connectivity index (χ0v) is 22.5. The van der Waals surface area contributed by atoms with Gasteiger partial charge in [0.2, 0.25) is 5.75 Å². The monoisotopic (exact) mass is 647 g/mol. The molecule has 3 nitrogen and oxygen atoms in total. The van der Waals surface area contributed by atoms with Crippen LogP contribution in [0.5, 0.6) is 0 Å². The van der Waals surface area contributed by atoms with E-state index in [-0.39, 0.29) is 20.6 Å². The molecule has 0 saturated carbocycles. The Morgan fingerprint density at radius 3 is 2.05 bits per heavy atom. The van der Waals surface area contributed by atoms with E-state index in [1.54, 1.807) is 0 Å². The van der Waals surface area contributed by atoms with Crippen molar-refractivity contribution < 1.29 is 48.9 Å². The van der Waals surface area contributed by atoms with Gasteiger partial charge in [0.05, 0.1) is 38.2 Å². The number of benzene rings is 2. The number of carbonyl (C=O) groups is 1. The lowest BCUT2D eigenvalue weighted by atomic mass is 9.96. The van der Waals surface area contributed by atoms with Crippen LogP contribution in [0.25, 0.3) is 6.08 Å². The smallest absolute Gasteiger partial charge is 0.433 e. The van der Waals surface area contributed by atoms with Gasteiger partial charge in [-0.05, 0) is 53.5 Å². The fraction of sp³-hybridized carbons (Fsp3) is 0.348. The number of amides is 1. The molecule has 0 aliphatic rings. The molecule has 0 aliphatic heterocycles. The topological polar surface area (TPSA) is 52.2 Å². The molecule has 0 radical (unpaired) electrons. The second-order valence-corrected chi connectivity index (χ2v) is 10.9. The largest absolute Gasteiger partial charge is 0.616 e. The summed E-state index contributed by atoms with van der Waals surface area (Å²) in [6.07, 6.45) is -13.4. The standard InChI is InChI=1S/C23H17Cl3F9NO2S/c1-11(9-39(38)10-21(27,28)29)36-20(37)14-4-2-12(6-16(14)23(33,34)35)3-5-15(22(30,31)32)13-7-17(24)19(26)18(25)8-13/h2-8,11,15H,9-10H2,1H3,(H,36,37)/b5-3+/t11-,15?,39?/m1/s1. The lowest BCUT2D eigenvalue weighted by Crippen LogP contribution is -2.40. The molecular weight excluding hydrogens is 632 g/mol. The number of alkyl halides is 9. The van der Waals surface area contributed by atoms with Gasteiger partial charge in [-0.1, -0.05) is 53.0 Å². The van der Waals surface area contributed by atoms with Gasteiger partial charge in [-0.25, -0.2) is 0 Å². The van der Waals surface area contributed by atoms with Crippen LogP contribution in [0.15, 0.2) is 36.4 Å². The first-order valence-corrected chi connectivity index (χ1v) is 13.1. The molecule has 0 aliphatic carbocycles. The summed E-state index contributed by atoms with van der Waals surface area (Å²) in [7, 11) is 0. The minimum Gasteiger partial charge on any atom is -0.616 e. The van der Waals surface area contributed by atoms with Gasteiger partial charge in [0.15, 0.2) is 0 Å². The van der Waals surface area contributed by atoms with E-state index in [4.69, 9.17) is 34.8 Å². The molecule has 2 aromatic rings.